The van der Waals surface area contributed by atoms with E-state index in [0.717, 1.165) is 19.4 Å². The number of nitriles is 1. The molecule has 3 rings (SSSR count). The van der Waals surface area contributed by atoms with Crippen LogP contribution in [-0.2, 0) is 4.79 Å². The fourth-order valence-electron chi connectivity index (χ4n) is 2.90. The molecular formula is C15H19N5O. The molecular weight excluding hydrogens is 266 g/mol. The standard InChI is InChI=1S/C15H19N5O/c16-10-20-7-6-12(9-20)17-15(21)14-8-13(18-19-14)11-4-2-1-3-5-11/h1-5,12-14,18-19H,6-9H2,(H,17,21)/t12-,13?,14?/m1/s1. The predicted octanol–water partition coefficient (Wildman–Crippen LogP) is 0.266. The van der Waals surface area contributed by atoms with Crippen molar-refractivity contribution in [1.82, 2.24) is 21.1 Å². The number of amides is 1. The van der Waals surface area contributed by atoms with Crippen molar-refractivity contribution in [3.05, 3.63) is 35.9 Å². The molecule has 0 spiro atoms. The minimum absolute atomic E-state index is 0.00530. The minimum Gasteiger partial charge on any atom is -0.350 e. The van der Waals surface area contributed by atoms with E-state index in [9.17, 15) is 4.79 Å². The third kappa shape index (κ3) is 3.15. The minimum atomic E-state index is -0.230. The number of likely N-dealkylation sites (tertiary alicyclic amines) is 1. The number of hydrogen-bond acceptors (Lipinski definition) is 5. The SMILES string of the molecule is N#CN1CC[C@@H](NC(=O)C2CC(c3ccccc3)NN2)C1. The van der Waals surface area contributed by atoms with Gasteiger partial charge in [-0.3, -0.25) is 4.79 Å². The molecule has 2 saturated heterocycles. The summed E-state index contributed by atoms with van der Waals surface area (Å²) in [7, 11) is 0. The molecule has 1 aromatic rings. The number of carbonyl (C=O) groups excluding carboxylic acids is 1. The lowest BCUT2D eigenvalue weighted by atomic mass is 10.0. The van der Waals surface area contributed by atoms with Gasteiger partial charge in [0.05, 0.1) is 0 Å². The molecule has 2 heterocycles. The highest BCUT2D eigenvalue weighted by atomic mass is 16.2. The smallest absolute Gasteiger partial charge is 0.238 e. The normalized spacial score (nSPS) is 28.3. The molecule has 0 radical (unpaired) electrons. The molecule has 1 aromatic carbocycles. The lowest BCUT2D eigenvalue weighted by molar-refractivity contribution is -0.123. The van der Waals surface area contributed by atoms with Crippen LogP contribution in [0.1, 0.15) is 24.4 Å². The summed E-state index contributed by atoms with van der Waals surface area (Å²) in [6, 6.07) is 10.1. The van der Waals surface area contributed by atoms with Crippen molar-refractivity contribution in [2.45, 2.75) is 31.0 Å². The highest BCUT2D eigenvalue weighted by Crippen LogP contribution is 2.22. The third-order valence-electron chi connectivity index (χ3n) is 4.10. The molecule has 2 aliphatic heterocycles. The molecule has 1 amide bonds. The summed E-state index contributed by atoms with van der Waals surface area (Å²) in [5, 5.41) is 11.9. The molecule has 2 fully saturated rings. The summed E-state index contributed by atoms with van der Waals surface area (Å²) in [6.07, 6.45) is 3.68. The number of nitrogens with one attached hydrogen (secondary N) is 3. The van der Waals surface area contributed by atoms with Gasteiger partial charge in [0.15, 0.2) is 6.19 Å². The number of nitrogens with zero attached hydrogens (tertiary/aromatic N) is 2. The Kier molecular flexibility index (Phi) is 4.04. The van der Waals surface area contributed by atoms with Crippen LogP contribution in [0.3, 0.4) is 0 Å². The Morgan fingerprint density at radius 2 is 2.14 bits per heavy atom. The van der Waals surface area contributed by atoms with Crippen molar-refractivity contribution >= 4 is 5.91 Å². The lowest BCUT2D eigenvalue weighted by Gasteiger charge is -2.15. The summed E-state index contributed by atoms with van der Waals surface area (Å²) in [6.45, 7) is 1.34. The van der Waals surface area contributed by atoms with E-state index < -0.39 is 0 Å². The summed E-state index contributed by atoms with van der Waals surface area (Å²) in [5.74, 6) is 0.00530. The Balaban J connectivity index is 1.52. The molecule has 0 aliphatic carbocycles. The molecule has 3 atom stereocenters. The van der Waals surface area contributed by atoms with E-state index in [2.05, 4.69) is 34.5 Å². The maximum absolute atomic E-state index is 12.3. The summed E-state index contributed by atoms with van der Waals surface area (Å²) in [4.78, 5) is 13.9. The second kappa shape index (κ2) is 6.12. The molecule has 0 aromatic heterocycles. The van der Waals surface area contributed by atoms with Crippen LogP contribution in [0, 0.1) is 11.5 Å². The maximum Gasteiger partial charge on any atom is 0.238 e. The van der Waals surface area contributed by atoms with Crippen LogP contribution in [0.2, 0.25) is 0 Å². The first kappa shape index (κ1) is 13.9. The number of hydrogen-bond donors (Lipinski definition) is 3. The first-order chi connectivity index (χ1) is 10.3. The number of benzene rings is 1. The average molecular weight is 285 g/mol. The van der Waals surface area contributed by atoms with Crippen molar-refractivity contribution in [2.24, 2.45) is 0 Å². The Hall–Kier alpha value is -2.10. The zero-order chi connectivity index (χ0) is 14.7. The largest absolute Gasteiger partial charge is 0.350 e. The van der Waals surface area contributed by atoms with E-state index in [4.69, 9.17) is 5.26 Å². The maximum atomic E-state index is 12.3. The molecule has 6 heteroatoms. The van der Waals surface area contributed by atoms with Crippen molar-refractivity contribution < 1.29 is 4.79 Å². The Labute approximate surface area is 124 Å². The molecule has 0 saturated carbocycles. The van der Waals surface area contributed by atoms with Gasteiger partial charge < -0.3 is 10.2 Å². The van der Waals surface area contributed by atoms with Crippen molar-refractivity contribution in [3.8, 4) is 6.19 Å². The van der Waals surface area contributed by atoms with E-state index in [1.165, 1.54) is 5.56 Å². The average Bonchev–Trinajstić information content (AvgIpc) is 3.17. The molecule has 110 valence electrons. The van der Waals surface area contributed by atoms with Gasteiger partial charge in [-0.25, -0.2) is 10.9 Å². The van der Waals surface area contributed by atoms with E-state index in [0.29, 0.717) is 6.54 Å². The van der Waals surface area contributed by atoms with Gasteiger partial charge in [0.1, 0.15) is 6.04 Å². The monoisotopic (exact) mass is 285 g/mol. The summed E-state index contributed by atoms with van der Waals surface area (Å²) in [5.41, 5.74) is 7.42. The quantitative estimate of drug-likeness (QED) is 0.695. The second-order valence-electron chi connectivity index (χ2n) is 5.58. The molecule has 2 unspecified atom stereocenters. The van der Waals surface area contributed by atoms with Crippen LogP contribution in [0.4, 0.5) is 0 Å². The van der Waals surface area contributed by atoms with Crippen molar-refractivity contribution in [2.75, 3.05) is 13.1 Å². The van der Waals surface area contributed by atoms with E-state index >= 15 is 0 Å². The van der Waals surface area contributed by atoms with Gasteiger partial charge in [-0.15, -0.1) is 0 Å². The van der Waals surface area contributed by atoms with E-state index in [-0.39, 0.29) is 24.0 Å². The topological polar surface area (TPSA) is 80.2 Å². The fourth-order valence-corrected chi connectivity index (χ4v) is 2.90. The summed E-state index contributed by atoms with van der Waals surface area (Å²) >= 11 is 0. The van der Waals surface area contributed by atoms with Crippen LogP contribution >= 0.6 is 0 Å². The van der Waals surface area contributed by atoms with Gasteiger partial charge in [-0.05, 0) is 18.4 Å². The van der Waals surface area contributed by atoms with Crippen LogP contribution < -0.4 is 16.2 Å². The Morgan fingerprint density at radius 1 is 1.33 bits per heavy atom. The zero-order valence-electron chi connectivity index (χ0n) is 11.7. The molecule has 2 aliphatic rings. The predicted molar refractivity (Wildman–Crippen MR) is 77.6 cm³/mol. The van der Waals surface area contributed by atoms with Gasteiger partial charge >= 0.3 is 0 Å². The molecule has 0 bridgehead atoms. The van der Waals surface area contributed by atoms with E-state index in [1.54, 1.807) is 4.90 Å². The second-order valence-corrected chi connectivity index (χ2v) is 5.58. The zero-order valence-corrected chi connectivity index (χ0v) is 11.7. The van der Waals surface area contributed by atoms with Crippen LogP contribution in [0.5, 0.6) is 0 Å². The third-order valence-corrected chi connectivity index (χ3v) is 4.10. The number of rotatable bonds is 3. The molecule has 21 heavy (non-hydrogen) atoms. The highest BCUT2D eigenvalue weighted by molar-refractivity contribution is 5.82. The van der Waals surface area contributed by atoms with Crippen LogP contribution in [0.25, 0.3) is 0 Å². The van der Waals surface area contributed by atoms with Crippen LogP contribution in [-0.4, -0.2) is 36.0 Å². The lowest BCUT2D eigenvalue weighted by Crippen LogP contribution is -2.47. The van der Waals surface area contributed by atoms with Crippen molar-refractivity contribution in [3.63, 3.8) is 0 Å². The van der Waals surface area contributed by atoms with Crippen molar-refractivity contribution in [1.29, 1.82) is 5.26 Å². The molecule has 3 N–H and O–H groups in total. The van der Waals surface area contributed by atoms with Crippen LogP contribution in [0.15, 0.2) is 30.3 Å². The fraction of sp³-hybridized carbons (Fsp3) is 0.467. The first-order valence-electron chi connectivity index (χ1n) is 7.27. The number of carbonyl (C=O) groups is 1. The number of hydrazine groups is 1. The summed E-state index contributed by atoms with van der Waals surface area (Å²) < 4.78 is 0. The highest BCUT2D eigenvalue weighted by Gasteiger charge is 2.32. The Bertz CT molecular complexity index is 541. The first-order valence-corrected chi connectivity index (χ1v) is 7.27. The van der Waals surface area contributed by atoms with Gasteiger partial charge in [0, 0.05) is 25.2 Å². The van der Waals surface area contributed by atoms with Gasteiger partial charge in [0.2, 0.25) is 5.91 Å². The van der Waals surface area contributed by atoms with Gasteiger partial charge in [-0.2, -0.15) is 5.26 Å². The Morgan fingerprint density at radius 3 is 2.86 bits per heavy atom. The van der Waals surface area contributed by atoms with Gasteiger partial charge in [-0.1, -0.05) is 30.3 Å². The van der Waals surface area contributed by atoms with E-state index in [1.807, 2.05) is 18.2 Å². The molecule has 6 nitrogen and oxygen atoms in total. The van der Waals surface area contributed by atoms with Gasteiger partial charge in [0.25, 0.3) is 0 Å².